The summed E-state index contributed by atoms with van der Waals surface area (Å²) in [5, 5.41) is 0. The number of halogens is 1. The van der Waals surface area contributed by atoms with Crippen molar-refractivity contribution in [3.63, 3.8) is 0 Å². The third-order valence-electron chi connectivity index (χ3n) is 2.42. The Morgan fingerprint density at radius 3 is 1.65 bits per heavy atom. The van der Waals surface area contributed by atoms with Crippen molar-refractivity contribution in [3.05, 3.63) is 0 Å². The third kappa shape index (κ3) is 10.7. The van der Waals surface area contributed by atoms with Gasteiger partial charge in [-0.05, 0) is 64.8 Å². The maximum atomic E-state index is 9.94. The number of alkyl halides is 1. The molecule has 0 unspecified atom stereocenters. The van der Waals surface area contributed by atoms with E-state index in [9.17, 15) is 4.80 Å². The van der Waals surface area contributed by atoms with E-state index in [4.69, 9.17) is 23.9 Å². The lowest BCUT2D eigenvalue weighted by molar-refractivity contribution is 0.296. The molecule has 0 aromatic heterocycles. The van der Waals surface area contributed by atoms with Crippen LogP contribution in [0.15, 0.2) is 0 Å². The Hall–Kier alpha value is 0.998. The predicted octanol–water partition coefficient (Wildman–Crippen LogP) is 3.97. The Kier molecular flexibility index (Phi) is 7.89. The molecule has 4 nitrogen and oxygen atoms in total. The van der Waals surface area contributed by atoms with Crippen molar-refractivity contribution >= 4 is 45.6 Å². The Labute approximate surface area is 133 Å². The minimum Gasteiger partial charge on any atom is -0.436 e. The normalized spacial score (nSPS) is 14.7. The van der Waals surface area contributed by atoms with E-state index < -0.39 is 34.0 Å². The molecule has 0 aliphatic rings. The van der Waals surface area contributed by atoms with Gasteiger partial charge < -0.3 is 17.1 Å². The van der Waals surface area contributed by atoms with Crippen molar-refractivity contribution in [2.45, 2.75) is 64.8 Å². The molecule has 0 spiro atoms. The Morgan fingerprint density at radius 1 is 0.800 bits per heavy atom. The average Bonchev–Trinajstić information content (AvgIpc) is 2.05. The zero-order valence-electron chi connectivity index (χ0n) is 14.2. The Morgan fingerprint density at radius 2 is 1.25 bits per heavy atom. The van der Waals surface area contributed by atoms with Gasteiger partial charge in [-0.3, -0.25) is 0 Å². The molecule has 0 radical (unpaired) electrons. The van der Waals surface area contributed by atoms with E-state index in [1.54, 1.807) is 13.1 Å². The molecule has 0 rings (SSSR count). The number of rotatable bonds is 9. The lowest BCUT2D eigenvalue weighted by atomic mass is 10.6. The van der Waals surface area contributed by atoms with Crippen LogP contribution in [0.5, 0.6) is 0 Å². The van der Waals surface area contributed by atoms with Crippen LogP contribution in [0.3, 0.4) is 0 Å². The van der Waals surface area contributed by atoms with Crippen molar-refractivity contribution in [2.24, 2.45) is 0 Å². The highest BCUT2D eigenvalue weighted by molar-refractivity contribution is 6.88. The summed E-state index contributed by atoms with van der Waals surface area (Å²) < 4.78 is 18.4. The van der Waals surface area contributed by atoms with Crippen LogP contribution in [0.1, 0.15) is 6.42 Å². The molecule has 1 N–H and O–H groups in total. The summed E-state index contributed by atoms with van der Waals surface area (Å²) in [6.07, 6.45) is 0.985. The van der Waals surface area contributed by atoms with Gasteiger partial charge in [0.25, 0.3) is 0 Å². The monoisotopic (exact) mass is 374 g/mol. The van der Waals surface area contributed by atoms with E-state index in [1.165, 1.54) is 0 Å². The quantitative estimate of drug-likeness (QED) is 0.490. The molecule has 0 aliphatic carbocycles. The van der Waals surface area contributed by atoms with Gasteiger partial charge in [0.05, 0.1) is 0 Å². The van der Waals surface area contributed by atoms with Crippen molar-refractivity contribution in [3.8, 4) is 0 Å². The standard InChI is InChI=1S/C11H31ClO4Si4/c1-17(2,11-9-10-12)14-19(5,6)16-20(7,8)15-18(3,4)13/h13H,9-11H2,1-8H3. The molecule has 20 heavy (non-hydrogen) atoms. The highest BCUT2D eigenvalue weighted by Gasteiger charge is 2.43. The fourth-order valence-corrected chi connectivity index (χ4v) is 20.2. The van der Waals surface area contributed by atoms with Crippen LogP contribution in [-0.2, 0) is 12.3 Å². The topological polar surface area (TPSA) is 47.9 Å². The second-order valence-corrected chi connectivity index (χ2v) is 22.4. The maximum absolute atomic E-state index is 9.94. The minimum absolute atomic E-state index is 0.677. The van der Waals surface area contributed by atoms with Gasteiger partial charge in [0.2, 0.25) is 0 Å². The van der Waals surface area contributed by atoms with Gasteiger partial charge in [-0.2, -0.15) is 0 Å². The lowest BCUT2D eigenvalue weighted by Crippen LogP contribution is -2.56. The van der Waals surface area contributed by atoms with Crippen molar-refractivity contribution in [1.82, 2.24) is 0 Å². The smallest absolute Gasteiger partial charge is 0.320 e. The maximum Gasteiger partial charge on any atom is 0.320 e. The summed E-state index contributed by atoms with van der Waals surface area (Å²) >= 11 is 5.77. The van der Waals surface area contributed by atoms with E-state index in [0.29, 0.717) is 5.88 Å². The van der Waals surface area contributed by atoms with E-state index in [2.05, 4.69) is 26.2 Å². The molecular weight excluding hydrogens is 344 g/mol. The van der Waals surface area contributed by atoms with Gasteiger partial charge in [0.1, 0.15) is 0 Å². The van der Waals surface area contributed by atoms with Crippen LogP contribution < -0.4 is 0 Å². The summed E-state index contributed by atoms with van der Waals surface area (Å²) in [5.74, 6) is 0.677. The van der Waals surface area contributed by atoms with Crippen molar-refractivity contribution < 1.29 is 17.1 Å². The Bertz CT molecular complexity index is 305. The van der Waals surface area contributed by atoms with Crippen LogP contribution >= 0.6 is 11.6 Å². The van der Waals surface area contributed by atoms with E-state index in [1.807, 2.05) is 13.1 Å². The molecule has 0 saturated heterocycles. The molecule has 0 aromatic carbocycles. The van der Waals surface area contributed by atoms with Crippen LogP contribution in [0.25, 0.3) is 0 Å². The minimum atomic E-state index is -2.57. The van der Waals surface area contributed by atoms with E-state index >= 15 is 0 Å². The fraction of sp³-hybridized carbons (Fsp3) is 1.00. The van der Waals surface area contributed by atoms with Crippen LogP contribution in [0.2, 0.25) is 58.4 Å². The van der Waals surface area contributed by atoms with Crippen molar-refractivity contribution in [2.75, 3.05) is 5.88 Å². The van der Waals surface area contributed by atoms with E-state index in [0.717, 1.165) is 12.5 Å². The summed E-state index contributed by atoms with van der Waals surface area (Å²) in [6.45, 7) is 16.0. The largest absolute Gasteiger partial charge is 0.436 e. The summed E-state index contributed by atoms with van der Waals surface area (Å²) in [4.78, 5) is 9.94. The van der Waals surface area contributed by atoms with Crippen molar-refractivity contribution in [1.29, 1.82) is 0 Å². The van der Waals surface area contributed by atoms with Crippen LogP contribution in [-0.4, -0.2) is 44.7 Å². The van der Waals surface area contributed by atoms with Gasteiger partial charge in [0, 0.05) is 5.88 Å². The number of hydrogen-bond acceptors (Lipinski definition) is 4. The lowest BCUT2D eigenvalue weighted by Gasteiger charge is -2.39. The zero-order chi connectivity index (χ0) is 16.2. The van der Waals surface area contributed by atoms with Crippen LogP contribution in [0, 0.1) is 0 Å². The average molecular weight is 375 g/mol. The Balaban J connectivity index is 4.65. The SMILES string of the molecule is C[Si](C)(O)O[Si](C)(C)O[Si](C)(C)O[Si](C)(C)CCCCl. The first-order valence-electron chi connectivity index (χ1n) is 7.07. The molecule has 0 amide bonds. The van der Waals surface area contributed by atoms with Gasteiger partial charge in [-0.1, -0.05) is 0 Å². The predicted molar refractivity (Wildman–Crippen MR) is 95.5 cm³/mol. The fourth-order valence-electron chi connectivity index (χ4n) is 2.44. The number of hydrogen-bond donors (Lipinski definition) is 1. The first-order chi connectivity index (χ1) is 8.68. The molecule has 0 aromatic rings. The molecular formula is C11H31ClO4Si4. The highest BCUT2D eigenvalue weighted by atomic mass is 35.5. The summed E-state index contributed by atoms with van der Waals surface area (Å²) in [5.41, 5.74) is 0. The molecule has 0 aliphatic heterocycles. The second kappa shape index (κ2) is 7.51. The molecule has 0 fully saturated rings. The first-order valence-corrected chi connectivity index (χ1v) is 19.2. The van der Waals surface area contributed by atoms with Gasteiger partial charge in [-0.15, -0.1) is 11.6 Å². The van der Waals surface area contributed by atoms with E-state index in [-0.39, 0.29) is 0 Å². The molecule has 0 atom stereocenters. The van der Waals surface area contributed by atoms with Gasteiger partial charge in [-0.25, -0.2) is 0 Å². The summed E-state index contributed by atoms with van der Waals surface area (Å²) in [7, 11) is -8.94. The molecule has 0 saturated carbocycles. The second-order valence-electron chi connectivity index (χ2n) is 7.10. The molecule has 9 heteroatoms. The van der Waals surface area contributed by atoms with Gasteiger partial charge in [0.15, 0.2) is 8.32 Å². The molecule has 0 heterocycles. The summed E-state index contributed by atoms with van der Waals surface area (Å²) in [6, 6.07) is 1.04. The zero-order valence-corrected chi connectivity index (χ0v) is 18.9. The highest BCUT2D eigenvalue weighted by Crippen LogP contribution is 2.25. The molecule has 0 bridgehead atoms. The first kappa shape index (κ1) is 21.0. The van der Waals surface area contributed by atoms with Crippen LogP contribution in [0.4, 0.5) is 0 Å². The third-order valence-corrected chi connectivity index (χ3v) is 16.3. The van der Waals surface area contributed by atoms with Gasteiger partial charge >= 0.3 is 25.7 Å². The molecule has 122 valence electrons.